The minimum absolute atomic E-state index is 0.0857. The standard InChI is InChI=1S/C14H17F4NO3.C6H9ClN2/c1-7(2)4-3-5-22-13-11(17)9(15)8(6-19-14(20)21)10(16)12(13)18;1-3-6-5(7)4-9(2)8-6/h7,19H,3-6H2,1-2H3,(H,20,21);4H,3H2,1-2H3. The van der Waals surface area contributed by atoms with Crippen molar-refractivity contribution in [1.29, 1.82) is 0 Å². The molecule has 0 atom stereocenters. The molecule has 174 valence electrons. The van der Waals surface area contributed by atoms with Crippen molar-refractivity contribution in [1.82, 2.24) is 15.1 Å². The third-order valence-corrected chi connectivity index (χ3v) is 4.41. The maximum Gasteiger partial charge on any atom is 0.404 e. The molecule has 0 aliphatic rings. The zero-order valence-electron chi connectivity index (χ0n) is 17.7. The first kappa shape index (κ1) is 26.5. The second-order valence-electron chi connectivity index (χ2n) is 7.06. The number of aryl methyl sites for hydroxylation is 2. The molecule has 0 bridgehead atoms. The van der Waals surface area contributed by atoms with Gasteiger partial charge in [-0.2, -0.15) is 13.9 Å². The number of benzene rings is 1. The van der Waals surface area contributed by atoms with Crippen molar-refractivity contribution in [3.8, 4) is 5.75 Å². The fourth-order valence-corrected chi connectivity index (χ4v) is 2.83. The molecule has 6 nitrogen and oxygen atoms in total. The lowest BCUT2D eigenvalue weighted by atomic mass is 10.1. The quantitative estimate of drug-likeness (QED) is 0.307. The number of rotatable bonds is 8. The summed E-state index contributed by atoms with van der Waals surface area (Å²) in [7, 11) is 1.87. The van der Waals surface area contributed by atoms with E-state index in [-0.39, 0.29) is 6.61 Å². The highest BCUT2D eigenvalue weighted by atomic mass is 35.5. The summed E-state index contributed by atoms with van der Waals surface area (Å²) >= 11 is 5.76. The molecular formula is C20H26ClF4N3O3. The van der Waals surface area contributed by atoms with Gasteiger partial charge in [0.05, 0.1) is 23.9 Å². The van der Waals surface area contributed by atoms with Crippen LogP contribution in [0.5, 0.6) is 5.75 Å². The Kier molecular flexibility index (Phi) is 10.6. The molecule has 0 spiro atoms. The number of carbonyl (C=O) groups is 1. The van der Waals surface area contributed by atoms with Gasteiger partial charge in [-0.05, 0) is 25.2 Å². The van der Waals surface area contributed by atoms with Crippen molar-refractivity contribution < 1.29 is 32.2 Å². The lowest BCUT2D eigenvalue weighted by molar-refractivity contribution is 0.193. The maximum absolute atomic E-state index is 13.7. The average molecular weight is 468 g/mol. The molecule has 1 amide bonds. The Bertz CT molecular complexity index is 862. The smallest absolute Gasteiger partial charge is 0.404 e. The summed E-state index contributed by atoms with van der Waals surface area (Å²) in [5.41, 5.74) is -0.0638. The summed E-state index contributed by atoms with van der Waals surface area (Å²) in [5.74, 6) is -7.47. The summed E-state index contributed by atoms with van der Waals surface area (Å²) in [6, 6.07) is 0. The summed E-state index contributed by atoms with van der Waals surface area (Å²) in [4.78, 5) is 10.3. The van der Waals surface area contributed by atoms with Crippen LogP contribution in [0.25, 0.3) is 0 Å². The third-order valence-electron chi connectivity index (χ3n) is 4.09. The van der Waals surface area contributed by atoms with Crippen LogP contribution in [0.3, 0.4) is 0 Å². The van der Waals surface area contributed by atoms with Crippen molar-refractivity contribution in [3.63, 3.8) is 0 Å². The number of amides is 1. The predicted molar refractivity (Wildman–Crippen MR) is 108 cm³/mol. The Morgan fingerprint density at radius 3 is 2.19 bits per heavy atom. The van der Waals surface area contributed by atoms with E-state index in [1.165, 1.54) is 0 Å². The molecule has 31 heavy (non-hydrogen) atoms. The predicted octanol–water partition coefficient (Wildman–Crippen LogP) is 5.46. The van der Waals surface area contributed by atoms with Crippen LogP contribution in [0, 0.1) is 29.2 Å². The molecule has 1 aromatic carbocycles. The number of nitrogens with one attached hydrogen (secondary N) is 1. The number of nitrogens with zero attached hydrogens (tertiary/aromatic N) is 2. The first-order valence-electron chi connectivity index (χ1n) is 9.61. The Morgan fingerprint density at radius 1 is 1.23 bits per heavy atom. The Hall–Kier alpha value is -2.49. The zero-order valence-corrected chi connectivity index (χ0v) is 18.5. The van der Waals surface area contributed by atoms with E-state index in [9.17, 15) is 22.4 Å². The fraction of sp³-hybridized carbons (Fsp3) is 0.500. The number of halogens is 5. The molecule has 2 rings (SSSR count). The van der Waals surface area contributed by atoms with Gasteiger partial charge in [-0.3, -0.25) is 4.68 Å². The molecule has 0 aliphatic heterocycles. The Morgan fingerprint density at radius 2 is 1.81 bits per heavy atom. The topological polar surface area (TPSA) is 76.4 Å². The van der Waals surface area contributed by atoms with E-state index in [4.69, 9.17) is 21.4 Å². The second kappa shape index (κ2) is 12.4. The van der Waals surface area contributed by atoms with Crippen molar-refractivity contribution in [2.45, 2.75) is 46.6 Å². The van der Waals surface area contributed by atoms with Gasteiger partial charge in [-0.1, -0.05) is 32.4 Å². The molecule has 2 aromatic rings. The highest BCUT2D eigenvalue weighted by Crippen LogP contribution is 2.30. The maximum atomic E-state index is 13.7. The van der Waals surface area contributed by atoms with Crippen molar-refractivity contribution in [3.05, 3.63) is 45.7 Å². The van der Waals surface area contributed by atoms with E-state index in [0.717, 1.165) is 23.6 Å². The van der Waals surface area contributed by atoms with Gasteiger partial charge in [0.1, 0.15) is 0 Å². The van der Waals surface area contributed by atoms with E-state index >= 15 is 0 Å². The first-order chi connectivity index (χ1) is 14.5. The van der Waals surface area contributed by atoms with Crippen LogP contribution in [0.15, 0.2) is 6.20 Å². The van der Waals surface area contributed by atoms with Gasteiger partial charge in [0, 0.05) is 18.8 Å². The van der Waals surface area contributed by atoms with Gasteiger partial charge in [0.2, 0.25) is 11.6 Å². The van der Waals surface area contributed by atoms with Gasteiger partial charge >= 0.3 is 6.09 Å². The van der Waals surface area contributed by atoms with Crippen molar-refractivity contribution in [2.24, 2.45) is 13.0 Å². The fourth-order valence-electron chi connectivity index (χ4n) is 2.51. The van der Waals surface area contributed by atoms with E-state index in [0.29, 0.717) is 12.3 Å². The molecule has 11 heteroatoms. The van der Waals surface area contributed by atoms with Gasteiger partial charge in [0.25, 0.3) is 0 Å². The van der Waals surface area contributed by atoms with Crippen LogP contribution >= 0.6 is 11.6 Å². The van der Waals surface area contributed by atoms with Gasteiger partial charge in [-0.15, -0.1) is 0 Å². The van der Waals surface area contributed by atoms with E-state index in [2.05, 4.69) is 5.10 Å². The largest absolute Gasteiger partial charge is 0.487 e. The van der Waals surface area contributed by atoms with Crippen LogP contribution in [0.1, 0.15) is 44.9 Å². The summed E-state index contributed by atoms with van der Waals surface area (Å²) < 4.78 is 61.4. The van der Waals surface area contributed by atoms with E-state index in [1.807, 2.05) is 27.8 Å². The molecule has 1 heterocycles. The molecular weight excluding hydrogens is 442 g/mol. The van der Waals surface area contributed by atoms with Gasteiger partial charge in [0.15, 0.2) is 17.4 Å². The zero-order chi connectivity index (χ0) is 23.7. The van der Waals surface area contributed by atoms with Crippen molar-refractivity contribution >= 4 is 17.7 Å². The second-order valence-corrected chi connectivity index (χ2v) is 7.47. The summed E-state index contributed by atoms with van der Waals surface area (Å²) in [6.07, 6.45) is 2.34. The van der Waals surface area contributed by atoms with E-state index in [1.54, 1.807) is 16.2 Å². The molecule has 0 aliphatic carbocycles. The average Bonchev–Trinajstić information content (AvgIpc) is 3.03. The number of aromatic nitrogens is 2. The number of ether oxygens (including phenoxy) is 1. The number of hydrogen-bond donors (Lipinski definition) is 2. The summed E-state index contributed by atoms with van der Waals surface area (Å²) in [6.45, 7) is 4.95. The highest BCUT2D eigenvalue weighted by molar-refractivity contribution is 6.31. The minimum atomic E-state index is -1.68. The van der Waals surface area contributed by atoms with E-state index < -0.39 is 47.2 Å². The minimum Gasteiger partial charge on any atom is -0.487 e. The molecule has 0 saturated heterocycles. The normalized spacial score (nSPS) is 10.6. The first-order valence-corrected chi connectivity index (χ1v) is 9.99. The number of hydrogen-bond acceptors (Lipinski definition) is 3. The van der Waals surface area contributed by atoms with Crippen LogP contribution in [0.2, 0.25) is 5.02 Å². The van der Waals surface area contributed by atoms with Crippen molar-refractivity contribution in [2.75, 3.05) is 6.61 Å². The Labute approximate surface area is 183 Å². The summed E-state index contributed by atoms with van der Waals surface area (Å²) in [5, 5.41) is 14.9. The monoisotopic (exact) mass is 467 g/mol. The molecule has 0 saturated carbocycles. The molecule has 1 aromatic heterocycles. The SMILES string of the molecule is CC(C)CCCOc1c(F)c(F)c(CNC(=O)O)c(F)c1F.CCc1nn(C)cc1Cl. The third kappa shape index (κ3) is 7.93. The van der Waals surface area contributed by atoms with Crippen LogP contribution in [-0.4, -0.2) is 27.6 Å². The lowest BCUT2D eigenvalue weighted by Crippen LogP contribution is -2.22. The highest BCUT2D eigenvalue weighted by Gasteiger charge is 2.26. The van der Waals surface area contributed by atoms with Crippen LogP contribution in [-0.2, 0) is 20.0 Å². The molecule has 0 unspecified atom stereocenters. The molecule has 2 N–H and O–H groups in total. The molecule has 0 radical (unpaired) electrons. The van der Waals surface area contributed by atoms with Gasteiger partial charge < -0.3 is 15.2 Å². The van der Waals surface area contributed by atoms with Gasteiger partial charge in [-0.25, -0.2) is 13.6 Å². The number of carboxylic acid groups (broad SMARTS) is 1. The lowest BCUT2D eigenvalue weighted by Gasteiger charge is -2.13. The Balaban J connectivity index is 0.000000442. The molecule has 0 fully saturated rings. The van der Waals surface area contributed by atoms with Crippen LogP contribution in [0.4, 0.5) is 22.4 Å². The van der Waals surface area contributed by atoms with Crippen LogP contribution < -0.4 is 10.1 Å².